The van der Waals surface area contributed by atoms with Crippen LogP contribution in [0.5, 0.6) is 0 Å². The van der Waals surface area contributed by atoms with Crippen molar-refractivity contribution in [2.24, 2.45) is 0 Å². The van der Waals surface area contributed by atoms with Crippen molar-refractivity contribution in [2.45, 2.75) is 44.6 Å². The van der Waals surface area contributed by atoms with Gasteiger partial charge in [-0.1, -0.05) is 0 Å². The summed E-state index contributed by atoms with van der Waals surface area (Å²) in [5, 5.41) is 7.36. The van der Waals surface area contributed by atoms with Crippen LogP contribution in [0, 0.1) is 6.92 Å². The molecule has 0 bridgehead atoms. The first-order valence-corrected chi connectivity index (χ1v) is 7.63. The molecule has 1 aromatic heterocycles. The van der Waals surface area contributed by atoms with Crippen molar-refractivity contribution in [1.29, 1.82) is 0 Å². The third-order valence-corrected chi connectivity index (χ3v) is 4.47. The highest BCUT2D eigenvalue weighted by Gasteiger charge is 2.30. The van der Waals surface area contributed by atoms with E-state index >= 15 is 0 Å². The number of rotatable bonds is 4. The zero-order valence-electron chi connectivity index (χ0n) is 12.4. The highest BCUT2D eigenvalue weighted by Crippen LogP contribution is 2.27. The average Bonchev–Trinajstić information content (AvgIpc) is 3.21. The van der Waals surface area contributed by atoms with Gasteiger partial charge in [-0.05, 0) is 45.7 Å². The number of hydrogen-bond acceptors (Lipinski definition) is 3. The summed E-state index contributed by atoms with van der Waals surface area (Å²) in [5.41, 5.74) is 2.20. The van der Waals surface area contributed by atoms with Gasteiger partial charge in [0.05, 0.1) is 12.2 Å². The molecule has 1 unspecified atom stereocenters. The number of aromatic amines is 1. The molecule has 2 heterocycles. The molecule has 1 N–H and O–H groups in total. The molecular weight excluding hydrogens is 252 g/mol. The predicted molar refractivity (Wildman–Crippen MR) is 77.5 cm³/mol. The number of H-pyrrole nitrogens is 1. The van der Waals surface area contributed by atoms with Crippen molar-refractivity contribution in [3.63, 3.8) is 0 Å². The van der Waals surface area contributed by atoms with Crippen LogP contribution in [0.1, 0.15) is 43.0 Å². The number of amides is 1. The van der Waals surface area contributed by atoms with E-state index in [1.54, 1.807) is 0 Å². The van der Waals surface area contributed by atoms with Crippen LogP contribution in [0.3, 0.4) is 0 Å². The molecule has 1 aliphatic heterocycles. The maximum Gasteiger partial charge on any atom is 0.236 e. The molecule has 1 aliphatic carbocycles. The molecule has 1 saturated heterocycles. The third-order valence-electron chi connectivity index (χ3n) is 4.47. The van der Waals surface area contributed by atoms with Crippen LogP contribution in [0.25, 0.3) is 0 Å². The molecule has 1 amide bonds. The summed E-state index contributed by atoms with van der Waals surface area (Å²) in [6, 6.07) is 2.75. The van der Waals surface area contributed by atoms with E-state index < -0.39 is 0 Å². The molecule has 20 heavy (non-hydrogen) atoms. The van der Waals surface area contributed by atoms with Gasteiger partial charge in [-0.2, -0.15) is 5.10 Å². The number of likely N-dealkylation sites (N-methyl/N-ethyl adjacent to an activating group) is 1. The van der Waals surface area contributed by atoms with Gasteiger partial charge in [-0.15, -0.1) is 0 Å². The van der Waals surface area contributed by atoms with Crippen LogP contribution in [-0.2, 0) is 4.79 Å². The smallest absolute Gasteiger partial charge is 0.236 e. The molecule has 110 valence electrons. The number of aromatic nitrogens is 2. The second-order valence-electron chi connectivity index (χ2n) is 6.30. The topological polar surface area (TPSA) is 52.2 Å². The molecule has 1 saturated carbocycles. The van der Waals surface area contributed by atoms with Gasteiger partial charge in [0.1, 0.15) is 0 Å². The molecular formula is C15H24N4O. The highest BCUT2D eigenvalue weighted by molar-refractivity contribution is 5.78. The van der Waals surface area contributed by atoms with E-state index in [1.165, 1.54) is 12.8 Å². The largest absolute Gasteiger partial charge is 0.341 e. The van der Waals surface area contributed by atoms with Gasteiger partial charge in [-0.25, -0.2) is 0 Å². The number of carbonyl (C=O) groups is 1. The zero-order valence-corrected chi connectivity index (χ0v) is 12.4. The summed E-state index contributed by atoms with van der Waals surface area (Å²) in [6.07, 6.45) is 4.71. The minimum absolute atomic E-state index is 0.274. The SMILES string of the molecule is Cc1cc(C2CCCN(C(=O)CN(C)C3CC3)C2)n[nH]1. The fraction of sp³-hybridized carbons (Fsp3) is 0.733. The number of aryl methyl sites for hydroxylation is 1. The number of nitrogens with one attached hydrogen (secondary N) is 1. The average molecular weight is 276 g/mol. The summed E-state index contributed by atoms with van der Waals surface area (Å²) >= 11 is 0. The van der Waals surface area contributed by atoms with Crippen LogP contribution >= 0.6 is 0 Å². The number of nitrogens with zero attached hydrogens (tertiary/aromatic N) is 3. The maximum atomic E-state index is 12.4. The van der Waals surface area contributed by atoms with E-state index in [1.807, 2.05) is 11.8 Å². The van der Waals surface area contributed by atoms with Crippen molar-refractivity contribution in [1.82, 2.24) is 20.0 Å². The van der Waals surface area contributed by atoms with E-state index in [4.69, 9.17) is 0 Å². The lowest BCUT2D eigenvalue weighted by molar-refractivity contribution is -0.133. The van der Waals surface area contributed by atoms with E-state index in [9.17, 15) is 4.79 Å². The summed E-state index contributed by atoms with van der Waals surface area (Å²) < 4.78 is 0. The van der Waals surface area contributed by atoms with Gasteiger partial charge in [0.25, 0.3) is 0 Å². The van der Waals surface area contributed by atoms with E-state index in [0.29, 0.717) is 18.5 Å². The van der Waals surface area contributed by atoms with Crippen LogP contribution in [0.4, 0.5) is 0 Å². The van der Waals surface area contributed by atoms with Gasteiger partial charge in [0.2, 0.25) is 5.91 Å². The first-order valence-electron chi connectivity index (χ1n) is 7.63. The van der Waals surface area contributed by atoms with Crippen LogP contribution < -0.4 is 0 Å². The Kier molecular flexibility index (Phi) is 3.78. The fourth-order valence-corrected chi connectivity index (χ4v) is 3.05. The molecule has 5 heteroatoms. The van der Waals surface area contributed by atoms with Crippen LogP contribution in [0.15, 0.2) is 6.07 Å². The van der Waals surface area contributed by atoms with E-state index in [2.05, 4.69) is 28.2 Å². The predicted octanol–water partition coefficient (Wildman–Crippen LogP) is 1.52. The Balaban J connectivity index is 1.58. The van der Waals surface area contributed by atoms with Gasteiger partial charge in [0, 0.05) is 30.7 Å². The monoisotopic (exact) mass is 276 g/mol. The minimum Gasteiger partial charge on any atom is -0.341 e. The second kappa shape index (κ2) is 5.56. The fourth-order valence-electron chi connectivity index (χ4n) is 3.05. The third kappa shape index (κ3) is 3.03. The normalized spacial score (nSPS) is 23.4. The Morgan fingerprint density at radius 1 is 1.50 bits per heavy atom. The van der Waals surface area contributed by atoms with E-state index in [0.717, 1.165) is 37.3 Å². The highest BCUT2D eigenvalue weighted by atomic mass is 16.2. The molecule has 3 rings (SSSR count). The first-order chi connectivity index (χ1) is 9.63. The van der Waals surface area contributed by atoms with Crippen molar-refractivity contribution in [3.8, 4) is 0 Å². The van der Waals surface area contributed by atoms with Gasteiger partial charge >= 0.3 is 0 Å². The summed E-state index contributed by atoms with van der Waals surface area (Å²) in [5.74, 6) is 0.667. The molecule has 5 nitrogen and oxygen atoms in total. The van der Waals surface area contributed by atoms with Crippen molar-refractivity contribution in [3.05, 3.63) is 17.5 Å². The molecule has 2 aliphatic rings. The quantitative estimate of drug-likeness (QED) is 0.907. The number of likely N-dealkylation sites (tertiary alicyclic amines) is 1. The summed E-state index contributed by atoms with van der Waals surface area (Å²) in [6.45, 7) is 4.31. The number of hydrogen-bond donors (Lipinski definition) is 1. The summed E-state index contributed by atoms with van der Waals surface area (Å²) in [7, 11) is 2.06. The Morgan fingerprint density at radius 3 is 2.95 bits per heavy atom. The van der Waals surface area contributed by atoms with Crippen LogP contribution in [-0.4, -0.2) is 58.6 Å². The Bertz CT molecular complexity index is 480. The lowest BCUT2D eigenvalue weighted by Gasteiger charge is -2.33. The molecule has 2 fully saturated rings. The molecule has 1 aromatic rings. The zero-order chi connectivity index (χ0) is 14.1. The van der Waals surface area contributed by atoms with Crippen molar-refractivity contribution in [2.75, 3.05) is 26.7 Å². The molecule has 0 radical (unpaired) electrons. The Labute approximate surface area is 120 Å². The Hall–Kier alpha value is -1.36. The first kappa shape index (κ1) is 13.6. The number of piperidine rings is 1. The van der Waals surface area contributed by atoms with Crippen molar-refractivity contribution >= 4 is 5.91 Å². The maximum absolute atomic E-state index is 12.4. The van der Waals surface area contributed by atoms with E-state index in [-0.39, 0.29) is 5.91 Å². The van der Waals surface area contributed by atoms with Crippen LogP contribution in [0.2, 0.25) is 0 Å². The van der Waals surface area contributed by atoms with Gasteiger partial charge in [0.15, 0.2) is 0 Å². The molecule has 0 spiro atoms. The second-order valence-corrected chi connectivity index (χ2v) is 6.30. The lowest BCUT2D eigenvalue weighted by Crippen LogP contribution is -2.44. The molecule has 1 atom stereocenters. The standard InChI is InChI=1S/C15H24N4O/c1-11-8-14(17-16-11)12-4-3-7-19(9-12)15(20)10-18(2)13-5-6-13/h8,12-13H,3-7,9-10H2,1-2H3,(H,16,17). The lowest BCUT2D eigenvalue weighted by atomic mass is 9.94. The summed E-state index contributed by atoms with van der Waals surface area (Å²) in [4.78, 5) is 16.6. The number of carbonyl (C=O) groups excluding carboxylic acids is 1. The van der Waals surface area contributed by atoms with Gasteiger partial charge in [-0.3, -0.25) is 14.8 Å². The Morgan fingerprint density at radius 2 is 2.30 bits per heavy atom. The van der Waals surface area contributed by atoms with Crippen molar-refractivity contribution < 1.29 is 4.79 Å². The molecule has 0 aromatic carbocycles. The van der Waals surface area contributed by atoms with Gasteiger partial charge < -0.3 is 4.90 Å². The minimum atomic E-state index is 0.274.